The number of allylic oxidation sites excluding steroid dienone is 3. The zero-order chi connectivity index (χ0) is 29.4. The van der Waals surface area contributed by atoms with Crippen LogP contribution in [0, 0.1) is 5.41 Å². The molecule has 0 spiro atoms. The molecule has 0 radical (unpaired) electrons. The van der Waals surface area contributed by atoms with E-state index in [0.717, 1.165) is 36.4 Å². The average molecular weight is 825 g/mol. The SMILES string of the molecule is Brc1ccc(OCC(COC2=CCC(Br)(n3cncn3)C=C2)(COc2ccc(Br)cc2)COc2ccc(Br)cc2)cc1. The molecular formula is C31H27Br4N3O4. The zero-order valence-corrected chi connectivity index (χ0v) is 28.7. The molecule has 1 atom stereocenters. The molecule has 0 aliphatic heterocycles. The fourth-order valence-corrected chi connectivity index (χ4v) is 5.33. The molecule has 1 aliphatic carbocycles. The molecule has 218 valence electrons. The normalized spacial score (nSPS) is 16.5. The molecule has 1 unspecified atom stereocenters. The van der Waals surface area contributed by atoms with Crippen LogP contribution in [0.3, 0.4) is 0 Å². The molecule has 5 rings (SSSR count). The Bertz CT molecular complexity index is 1370. The summed E-state index contributed by atoms with van der Waals surface area (Å²) in [4.78, 5) is 4.07. The zero-order valence-electron chi connectivity index (χ0n) is 22.3. The standard InChI is InChI=1S/C31H27Br4N3O4/c32-23-1-7-26(8-2-23)39-17-30(18-40-27-9-3-24(33)4-10-27,19-41-28-11-5-25(34)6-12-28)20-42-29-13-15-31(35,16-14-29)38-22-36-21-37-38/h1-15,21-22H,16-20H2. The molecule has 0 saturated carbocycles. The lowest BCUT2D eigenvalue weighted by Gasteiger charge is -2.34. The van der Waals surface area contributed by atoms with Gasteiger partial charge in [-0.05, 0) is 91.0 Å². The summed E-state index contributed by atoms with van der Waals surface area (Å²) < 4.78 is 29.6. The fourth-order valence-electron chi connectivity index (χ4n) is 4.05. The third-order valence-electron chi connectivity index (χ3n) is 6.51. The number of halogens is 4. The van der Waals surface area contributed by atoms with Gasteiger partial charge in [0.05, 0.1) is 0 Å². The Labute approximate surface area is 278 Å². The smallest absolute Gasteiger partial charge is 0.141 e. The maximum atomic E-state index is 6.43. The van der Waals surface area contributed by atoms with E-state index in [0.29, 0.717) is 26.2 Å². The van der Waals surface area contributed by atoms with Crippen LogP contribution < -0.4 is 14.2 Å². The van der Waals surface area contributed by atoms with E-state index in [2.05, 4.69) is 73.8 Å². The predicted octanol–water partition coefficient (Wildman–Crippen LogP) is 8.70. The van der Waals surface area contributed by atoms with E-state index in [-0.39, 0.29) is 6.61 Å². The number of rotatable bonds is 13. The Balaban J connectivity index is 1.37. The molecule has 0 amide bonds. The van der Waals surface area contributed by atoms with Gasteiger partial charge in [-0.3, -0.25) is 0 Å². The van der Waals surface area contributed by atoms with Gasteiger partial charge >= 0.3 is 0 Å². The number of nitrogens with zero attached hydrogens (tertiary/aromatic N) is 3. The molecule has 4 aromatic rings. The van der Waals surface area contributed by atoms with Crippen LogP contribution in [-0.2, 0) is 9.19 Å². The topological polar surface area (TPSA) is 67.6 Å². The first kappa shape index (κ1) is 30.8. The van der Waals surface area contributed by atoms with Gasteiger partial charge in [0.15, 0.2) is 0 Å². The second kappa shape index (κ2) is 14.2. The first-order valence-corrected chi connectivity index (χ1v) is 16.2. The number of aromatic nitrogens is 3. The van der Waals surface area contributed by atoms with Crippen molar-refractivity contribution >= 4 is 63.7 Å². The highest BCUT2D eigenvalue weighted by Crippen LogP contribution is 2.35. The van der Waals surface area contributed by atoms with E-state index < -0.39 is 9.86 Å². The van der Waals surface area contributed by atoms with Gasteiger partial charge in [-0.2, -0.15) is 5.10 Å². The lowest BCUT2D eigenvalue weighted by Crippen LogP contribution is -2.44. The Kier molecular flexibility index (Phi) is 10.5. The van der Waals surface area contributed by atoms with E-state index >= 15 is 0 Å². The van der Waals surface area contributed by atoms with Gasteiger partial charge in [0.1, 0.15) is 72.0 Å². The van der Waals surface area contributed by atoms with Crippen LogP contribution in [0.15, 0.2) is 123 Å². The molecule has 11 heteroatoms. The van der Waals surface area contributed by atoms with Crippen LogP contribution in [0.25, 0.3) is 0 Å². The monoisotopic (exact) mass is 821 g/mol. The minimum Gasteiger partial charge on any atom is -0.493 e. The molecule has 7 nitrogen and oxygen atoms in total. The van der Waals surface area contributed by atoms with Crippen molar-refractivity contribution in [3.05, 3.63) is 123 Å². The van der Waals surface area contributed by atoms with Crippen molar-refractivity contribution in [3.63, 3.8) is 0 Å². The minimum atomic E-state index is -0.684. The highest BCUT2D eigenvalue weighted by molar-refractivity contribution is 9.11. The maximum Gasteiger partial charge on any atom is 0.141 e. The summed E-state index contributed by atoms with van der Waals surface area (Å²) >= 11 is 14.2. The highest BCUT2D eigenvalue weighted by atomic mass is 79.9. The summed E-state index contributed by atoms with van der Waals surface area (Å²) in [6.07, 6.45) is 9.81. The summed E-state index contributed by atoms with van der Waals surface area (Å²) in [6, 6.07) is 23.2. The lowest BCUT2D eigenvalue weighted by atomic mass is 9.92. The van der Waals surface area contributed by atoms with Crippen LogP contribution >= 0.6 is 63.7 Å². The van der Waals surface area contributed by atoms with E-state index in [4.69, 9.17) is 18.9 Å². The van der Waals surface area contributed by atoms with E-state index in [9.17, 15) is 0 Å². The van der Waals surface area contributed by atoms with Crippen LogP contribution in [0.2, 0.25) is 0 Å². The molecule has 3 aromatic carbocycles. The number of hydrogen-bond donors (Lipinski definition) is 0. The van der Waals surface area contributed by atoms with E-state index in [1.165, 1.54) is 6.33 Å². The van der Waals surface area contributed by atoms with Crippen LogP contribution in [-0.4, -0.2) is 41.2 Å². The number of ether oxygens (including phenoxy) is 4. The molecule has 0 N–H and O–H groups in total. The van der Waals surface area contributed by atoms with Crippen molar-refractivity contribution in [1.29, 1.82) is 0 Å². The molecule has 0 bridgehead atoms. The molecule has 1 aromatic heterocycles. The Morgan fingerprint density at radius 3 is 1.52 bits per heavy atom. The summed E-state index contributed by atoms with van der Waals surface area (Å²) in [6.45, 7) is 1.16. The van der Waals surface area contributed by atoms with Crippen molar-refractivity contribution in [1.82, 2.24) is 14.8 Å². The third-order valence-corrected chi connectivity index (χ3v) is 9.05. The van der Waals surface area contributed by atoms with Crippen LogP contribution in [0.4, 0.5) is 0 Å². The predicted molar refractivity (Wildman–Crippen MR) is 176 cm³/mol. The lowest BCUT2D eigenvalue weighted by molar-refractivity contribution is -0.0206. The second-order valence-electron chi connectivity index (χ2n) is 9.82. The first-order valence-electron chi connectivity index (χ1n) is 13.0. The van der Waals surface area contributed by atoms with Crippen molar-refractivity contribution in [3.8, 4) is 17.2 Å². The fraction of sp³-hybridized carbons (Fsp3) is 0.226. The van der Waals surface area contributed by atoms with Gasteiger partial charge in [-0.25, -0.2) is 9.67 Å². The maximum absolute atomic E-state index is 6.43. The van der Waals surface area contributed by atoms with Gasteiger partial charge in [0, 0.05) is 19.8 Å². The van der Waals surface area contributed by atoms with Crippen molar-refractivity contribution in [2.45, 2.75) is 10.9 Å². The largest absolute Gasteiger partial charge is 0.493 e. The summed E-state index contributed by atoms with van der Waals surface area (Å²) in [5, 5.41) is 4.28. The van der Waals surface area contributed by atoms with Crippen LogP contribution in [0.1, 0.15) is 6.42 Å². The molecule has 0 fully saturated rings. The average Bonchev–Trinajstić information content (AvgIpc) is 3.56. The Morgan fingerprint density at radius 1 is 0.690 bits per heavy atom. The number of hydrogen-bond acceptors (Lipinski definition) is 6. The van der Waals surface area contributed by atoms with Gasteiger partial charge in [0.2, 0.25) is 0 Å². The number of alkyl halides is 1. The summed E-state index contributed by atoms with van der Waals surface area (Å²) in [5.41, 5.74) is -0.684. The van der Waals surface area contributed by atoms with E-state index in [1.807, 2.05) is 91.0 Å². The highest BCUT2D eigenvalue weighted by Gasteiger charge is 2.36. The van der Waals surface area contributed by atoms with Crippen LogP contribution in [0.5, 0.6) is 17.2 Å². The minimum absolute atomic E-state index is 0.283. The van der Waals surface area contributed by atoms with E-state index in [1.54, 1.807) is 11.0 Å². The van der Waals surface area contributed by atoms with Crippen molar-refractivity contribution in [2.24, 2.45) is 5.41 Å². The number of benzene rings is 3. The van der Waals surface area contributed by atoms with Gasteiger partial charge < -0.3 is 18.9 Å². The van der Waals surface area contributed by atoms with Crippen molar-refractivity contribution < 1.29 is 18.9 Å². The summed E-state index contributed by atoms with van der Waals surface area (Å²) in [5.74, 6) is 2.96. The molecule has 42 heavy (non-hydrogen) atoms. The second-order valence-corrected chi connectivity index (χ2v) is 13.9. The molecule has 1 aliphatic rings. The van der Waals surface area contributed by atoms with Crippen molar-refractivity contribution in [2.75, 3.05) is 26.4 Å². The van der Waals surface area contributed by atoms with Gasteiger partial charge in [-0.15, -0.1) is 0 Å². The molecule has 0 saturated heterocycles. The van der Waals surface area contributed by atoms with Gasteiger partial charge in [-0.1, -0.05) is 63.7 Å². The molecule has 1 heterocycles. The van der Waals surface area contributed by atoms with Gasteiger partial charge in [0.25, 0.3) is 0 Å². The first-order chi connectivity index (χ1) is 20.3. The third kappa shape index (κ3) is 8.49. The Morgan fingerprint density at radius 2 is 1.14 bits per heavy atom. The molecular weight excluding hydrogens is 798 g/mol. The Hall–Kier alpha value is -2.60. The quantitative estimate of drug-likeness (QED) is 0.126. The summed E-state index contributed by atoms with van der Waals surface area (Å²) in [7, 11) is 0.